The average Bonchev–Trinajstić information content (AvgIpc) is 3.19. The third-order valence-electron chi connectivity index (χ3n) is 4.42. The normalized spacial score (nSPS) is 25.1. The maximum absolute atomic E-state index is 11.5. The summed E-state index contributed by atoms with van der Waals surface area (Å²) in [6.07, 6.45) is 3.19. The third kappa shape index (κ3) is 2.89. The van der Waals surface area contributed by atoms with E-state index >= 15 is 0 Å². The SMILES string of the molecule is CC1(C(N)=O)CCN(c2ccc(N)c(OCC3CC3)n2)C1. The second-order valence-electron chi connectivity index (χ2n) is 6.41. The molecule has 6 heteroatoms. The molecule has 0 bridgehead atoms. The van der Waals surface area contributed by atoms with Gasteiger partial charge in [-0.3, -0.25) is 4.79 Å². The van der Waals surface area contributed by atoms with Crippen LogP contribution < -0.4 is 21.1 Å². The maximum Gasteiger partial charge on any atom is 0.239 e. The minimum Gasteiger partial charge on any atom is -0.476 e. The molecule has 1 unspecified atom stereocenters. The summed E-state index contributed by atoms with van der Waals surface area (Å²) in [5.74, 6) is 1.68. The van der Waals surface area contributed by atoms with Gasteiger partial charge in [0.15, 0.2) is 0 Å². The minimum atomic E-state index is -0.488. The lowest BCUT2D eigenvalue weighted by atomic mass is 9.89. The van der Waals surface area contributed by atoms with Gasteiger partial charge in [0.2, 0.25) is 11.8 Å². The lowest BCUT2D eigenvalue weighted by Gasteiger charge is -2.22. The van der Waals surface area contributed by atoms with Gasteiger partial charge in [0, 0.05) is 13.1 Å². The fourth-order valence-electron chi connectivity index (χ4n) is 2.57. The first-order chi connectivity index (χ1) is 9.98. The van der Waals surface area contributed by atoms with E-state index in [-0.39, 0.29) is 5.91 Å². The molecule has 0 aromatic carbocycles. The Bertz CT molecular complexity index is 559. The van der Waals surface area contributed by atoms with E-state index in [0.29, 0.717) is 30.6 Å². The molecule has 0 radical (unpaired) electrons. The maximum atomic E-state index is 11.5. The van der Waals surface area contributed by atoms with Gasteiger partial charge in [0.1, 0.15) is 5.82 Å². The minimum absolute atomic E-state index is 0.259. The Labute approximate surface area is 124 Å². The van der Waals surface area contributed by atoms with Gasteiger partial charge in [-0.25, -0.2) is 0 Å². The predicted molar refractivity (Wildman–Crippen MR) is 81.0 cm³/mol. The molecular weight excluding hydrogens is 268 g/mol. The summed E-state index contributed by atoms with van der Waals surface area (Å²) in [4.78, 5) is 18.1. The molecule has 4 N–H and O–H groups in total. The summed E-state index contributed by atoms with van der Waals surface area (Å²) in [5.41, 5.74) is 11.5. The van der Waals surface area contributed by atoms with Crippen molar-refractivity contribution in [2.24, 2.45) is 17.1 Å². The quantitative estimate of drug-likeness (QED) is 0.848. The first-order valence-corrected chi connectivity index (χ1v) is 7.42. The first-order valence-electron chi connectivity index (χ1n) is 7.42. The molecule has 6 nitrogen and oxygen atoms in total. The molecule has 21 heavy (non-hydrogen) atoms. The van der Waals surface area contributed by atoms with E-state index in [1.807, 2.05) is 19.1 Å². The van der Waals surface area contributed by atoms with E-state index < -0.39 is 5.41 Å². The van der Waals surface area contributed by atoms with Crippen molar-refractivity contribution in [3.63, 3.8) is 0 Å². The van der Waals surface area contributed by atoms with Crippen molar-refractivity contribution < 1.29 is 9.53 Å². The summed E-state index contributed by atoms with van der Waals surface area (Å²) in [5, 5.41) is 0. The van der Waals surface area contributed by atoms with Gasteiger partial charge >= 0.3 is 0 Å². The topological polar surface area (TPSA) is 94.5 Å². The highest BCUT2D eigenvalue weighted by molar-refractivity contribution is 5.82. The van der Waals surface area contributed by atoms with E-state index in [9.17, 15) is 4.79 Å². The number of hydrogen-bond donors (Lipinski definition) is 2. The first kappa shape index (κ1) is 14.0. The van der Waals surface area contributed by atoms with Crippen molar-refractivity contribution in [2.75, 3.05) is 30.3 Å². The van der Waals surface area contributed by atoms with Crippen LogP contribution >= 0.6 is 0 Å². The third-order valence-corrected chi connectivity index (χ3v) is 4.42. The second-order valence-corrected chi connectivity index (χ2v) is 6.41. The molecule has 1 aromatic rings. The molecule has 1 amide bonds. The smallest absolute Gasteiger partial charge is 0.239 e. The number of amides is 1. The zero-order valence-corrected chi connectivity index (χ0v) is 12.3. The number of carbonyl (C=O) groups excluding carboxylic acids is 1. The highest BCUT2D eigenvalue weighted by Crippen LogP contribution is 2.34. The molecule has 1 saturated heterocycles. The van der Waals surface area contributed by atoms with Crippen LogP contribution in [-0.2, 0) is 4.79 Å². The monoisotopic (exact) mass is 290 g/mol. The van der Waals surface area contributed by atoms with E-state index in [0.717, 1.165) is 18.8 Å². The zero-order valence-electron chi connectivity index (χ0n) is 12.3. The highest BCUT2D eigenvalue weighted by atomic mass is 16.5. The van der Waals surface area contributed by atoms with Crippen LogP contribution in [0.5, 0.6) is 5.88 Å². The van der Waals surface area contributed by atoms with Gasteiger partial charge in [-0.15, -0.1) is 0 Å². The van der Waals surface area contributed by atoms with Crippen molar-refractivity contribution in [3.05, 3.63) is 12.1 Å². The summed E-state index contributed by atoms with van der Waals surface area (Å²) < 4.78 is 5.71. The Kier molecular flexibility index (Phi) is 3.39. The van der Waals surface area contributed by atoms with Gasteiger partial charge in [-0.2, -0.15) is 4.98 Å². The molecule has 114 valence electrons. The highest BCUT2D eigenvalue weighted by Gasteiger charge is 2.39. The summed E-state index contributed by atoms with van der Waals surface area (Å²) in [6, 6.07) is 3.68. The Hall–Kier alpha value is -1.98. The van der Waals surface area contributed by atoms with Crippen molar-refractivity contribution in [2.45, 2.75) is 26.2 Å². The number of anilines is 2. The standard InChI is InChI=1S/C15H22N4O2/c1-15(14(17)20)6-7-19(9-15)12-5-4-11(16)13(18-12)21-8-10-2-3-10/h4-5,10H,2-3,6-9,16H2,1H3,(H2,17,20). The number of rotatable bonds is 5. The van der Waals surface area contributed by atoms with Crippen molar-refractivity contribution >= 4 is 17.4 Å². The molecule has 0 spiro atoms. The zero-order chi connectivity index (χ0) is 15.0. The molecule has 1 aromatic heterocycles. The molecule has 3 rings (SSSR count). The van der Waals surface area contributed by atoms with Gasteiger partial charge in [0.25, 0.3) is 0 Å². The number of aromatic nitrogens is 1. The Morgan fingerprint density at radius 3 is 2.90 bits per heavy atom. The summed E-state index contributed by atoms with van der Waals surface area (Å²) in [7, 11) is 0. The van der Waals surface area contributed by atoms with Crippen LogP contribution in [-0.4, -0.2) is 30.6 Å². The van der Waals surface area contributed by atoms with Crippen LogP contribution in [0.25, 0.3) is 0 Å². The van der Waals surface area contributed by atoms with E-state index in [1.165, 1.54) is 12.8 Å². The number of nitrogens with zero attached hydrogens (tertiary/aromatic N) is 2. The largest absolute Gasteiger partial charge is 0.476 e. The van der Waals surface area contributed by atoms with Crippen molar-refractivity contribution in [1.29, 1.82) is 0 Å². The average molecular weight is 290 g/mol. The van der Waals surface area contributed by atoms with Crippen molar-refractivity contribution in [1.82, 2.24) is 4.98 Å². The van der Waals surface area contributed by atoms with E-state index in [4.69, 9.17) is 16.2 Å². The number of nitrogen functional groups attached to an aromatic ring is 1. The molecule has 2 heterocycles. The molecule has 1 aliphatic carbocycles. The number of pyridine rings is 1. The Balaban J connectivity index is 1.73. The molecule has 1 atom stereocenters. The van der Waals surface area contributed by atoms with E-state index in [1.54, 1.807) is 0 Å². The number of ether oxygens (including phenoxy) is 1. The number of carbonyl (C=O) groups is 1. The predicted octanol–water partition coefficient (Wildman–Crippen LogP) is 1.15. The van der Waals surface area contributed by atoms with Crippen molar-refractivity contribution in [3.8, 4) is 5.88 Å². The van der Waals surface area contributed by atoms with Crippen LogP contribution in [0.3, 0.4) is 0 Å². The van der Waals surface area contributed by atoms with Gasteiger partial charge in [-0.05, 0) is 44.2 Å². The lowest BCUT2D eigenvalue weighted by molar-refractivity contribution is -0.125. The molecule has 1 aliphatic heterocycles. The van der Waals surface area contributed by atoms with Crippen LogP contribution in [0, 0.1) is 11.3 Å². The van der Waals surface area contributed by atoms with E-state index in [2.05, 4.69) is 9.88 Å². The number of hydrogen-bond acceptors (Lipinski definition) is 5. The van der Waals surface area contributed by atoms with Gasteiger partial charge in [-0.1, -0.05) is 0 Å². The fourth-order valence-corrected chi connectivity index (χ4v) is 2.57. The summed E-state index contributed by atoms with van der Waals surface area (Å²) in [6.45, 7) is 3.93. The number of primary amides is 1. The fraction of sp³-hybridized carbons (Fsp3) is 0.600. The van der Waals surface area contributed by atoms with Gasteiger partial charge < -0.3 is 21.1 Å². The second kappa shape index (κ2) is 5.09. The van der Waals surface area contributed by atoms with Crippen LogP contribution in [0.15, 0.2) is 12.1 Å². The Morgan fingerprint density at radius 1 is 1.52 bits per heavy atom. The molecule has 1 saturated carbocycles. The van der Waals surface area contributed by atoms with Crippen LogP contribution in [0.1, 0.15) is 26.2 Å². The molecule has 2 fully saturated rings. The Morgan fingerprint density at radius 2 is 2.29 bits per heavy atom. The molecular formula is C15H22N4O2. The lowest BCUT2D eigenvalue weighted by Crippen LogP contribution is -2.37. The van der Waals surface area contributed by atoms with Crippen LogP contribution in [0.4, 0.5) is 11.5 Å². The summed E-state index contributed by atoms with van der Waals surface area (Å²) >= 11 is 0. The van der Waals surface area contributed by atoms with Gasteiger partial charge in [0.05, 0.1) is 17.7 Å². The number of nitrogens with two attached hydrogens (primary N) is 2. The molecule has 2 aliphatic rings. The van der Waals surface area contributed by atoms with Crippen LogP contribution in [0.2, 0.25) is 0 Å².